The van der Waals surface area contributed by atoms with Crippen molar-refractivity contribution in [3.63, 3.8) is 0 Å². The van der Waals surface area contributed by atoms with Crippen LogP contribution in [0, 0.1) is 0 Å². The number of hydrogen-bond donors (Lipinski definition) is 1. The van der Waals surface area contributed by atoms with E-state index in [0.29, 0.717) is 12.4 Å². The minimum absolute atomic E-state index is 0.182. The van der Waals surface area contributed by atoms with Crippen LogP contribution in [0.5, 0.6) is 5.88 Å². The lowest BCUT2D eigenvalue weighted by Gasteiger charge is -2.04. The van der Waals surface area contributed by atoms with Crippen LogP contribution in [0.3, 0.4) is 0 Å². The topological polar surface area (TPSA) is 64.4 Å². The summed E-state index contributed by atoms with van der Waals surface area (Å²) in [4.78, 5) is 15.7. The maximum Gasteiger partial charge on any atom is 0.287 e. The highest BCUT2D eigenvalue weighted by atomic mass is 35.5. The van der Waals surface area contributed by atoms with E-state index in [4.69, 9.17) is 20.8 Å². The van der Waals surface area contributed by atoms with Gasteiger partial charge in [0.05, 0.1) is 7.11 Å². The van der Waals surface area contributed by atoms with Gasteiger partial charge in [0.2, 0.25) is 5.88 Å². The predicted octanol–water partition coefficient (Wildman–Crippen LogP) is 2.27. The third kappa shape index (κ3) is 3.01. The van der Waals surface area contributed by atoms with Crippen molar-refractivity contribution in [1.29, 1.82) is 0 Å². The zero-order valence-corrected chi connectivity index (χ0v) is 10.4. The Morgan fingerprint density at radius 3 is 2.83 bits per heavy atom. The molecule has 2 aromatic rings. The smallest absolute Gasteiger partial charge is 0.287 e. The van der Waals surface area contributed by atoms with E-state index in [1.54, 1.807) is 19.4 Å². The summed E-state index contributed by atoms with van der Waals surface area (Å²) in [7, 11) is 1.55. The number of rotatable bonds is 4. The molecule has 0 aromatic carbocycles. The fourth-order valence-corrected chi connectivity index (χ4v) is 1.49. The van der Waals surface area contributed by atoms with Crippen LogP contribution in [0.2, 0.25) is 5.22 Å². The highest BCUT2D eigenvalue weighted by Crippen LogP contribution is 2.13. The van der Waals surface area contributed by atoms with E-state index in [-0.39, 0.29) is 16.9 Å². The number of carbonyl (C=O) groups is 1. The molecule has 94 valence electrons. The van der Waals surface area contributed by atoms with Crippen molar-refractivity contribution < 1.29 is 13.9 Å². The molecule has 5 nitrogen and oxygen atoms in total. The van der Waals surface area contributed by atoms with E-state index in [1.807, 2.05) is 6.07 Å². The van der Waals surface area contributed by atoms with Gasteiger partial charge in [-0.1, -0.05) is 6.07 Å². The molecule has 2 rings (SSSR count). The number of aromatic nitrogens is 1. The summed E-state index contributed by atoms with van der Waals surface area (Å²) in [5.41, 5.74) is 0.863. The van der Waals surface area contributed by atoms with Crippen LogP contribution in [0.15, 0.2) is 34.9 Å². The maximum atomic E-state index is 11.6. The van der Waals surface area contributed by atoms with Crippen molar-refractivity contribution >= 4 is 17.5 Å². The second kappa shape index (κ2) is 5.55. The molecule has 0 aliphatic carbocycles. The maximum absolute atomic E-state index is 11.6. The standard InChI is InChI=1S/C12H11ClN2O3/c1-17-11-5-2-8(6-14-11)7-15-12(16)9-3-4-10(13)18-9/h2-6H,7H2,1H3,(H,15,16). The van der Waals surface area contributed by atoms with Gasteiger partial charge in [-0.25, -0.2) is 4.98 Å². The van der Waals surface area contributed by atoms with Gasteiger partial charge in [0.1, 0.15) is 0 Å². The van der Waals surface area contributed by atoms with Crippen LogP contribution < -0.4 is 10.1 Å². The third-order valence-electron chi connectivity index (χ3n) is 2.26. The Balaban J connectivity index is 1.92. The summed E-state index contributed by atoms with van der Waals surface area (Å²) >= 11 is 5.58. The normalized spacial score (nSPS) is 10.1. The van der Waals surface area contributed by atoms with E-state index in [2.05, 4.69) is 10.3 Å². The van der Waals surface area contributed by atoms with Gasteiger partial charge >= 0.3 is 0 Å². The Labute approximate surface area is 109 Å². The molecule has 0 unspecified atom stereocenters. The van der Waals surface area contributed by atoms with Crippen molar-refractivity contribution in [2.45, 2.75) is 6.54 Å². The lowest BCUT2D eigenvalue weighted by molar-refractivity contribution is 0.0923. The molecule has 2 heterocycles. The molecule has 0 saturated carbocycles. The zero-order valence-electron chi connectivity index (χ0n) is 9.64. The van der Waals surface area contributed by atoms with Gasteiger partial charge in [-0.15, -0.1) is 0 Å². The van der Waals surface area contributed by atoms with Gasteiger partial charge in [-0.05, 0) is 29.3 Å². The first-order valence-electron chi connectivity index (χ1n) is 5.21. The molecule has 0 radical (unpaired) electrons. The van der Waals surface area contributed by atoms with E-state index in [9.17, 15) is 4.79 Å². The fraction of sp³-hybridized carbons (Fsp3) is 0.167. The molecule has 1 amide bonds. The van der Waals surface area contributed by atoms with Gasteiger partial charge in [0, 0.05) is 18.8 Å². The molecule has 6 heteroatoms. The summed E-state index contributed by atoms with van der Waals surface area (Å²) in [6.07, 6.45) is 1.63. The van der Waals surface area contributed by atoms with Crippen molar-refractivity contribution in [2.24, 2.45) is 0 Å². The summed E-state index contributed by atoms with van der Waals surface area (Å²) in [6, 6.07) is 6.59. The first-order valence-corrected chi connectivity index (χ1v) is 5.59. The summed E-state index contributed by atoms with van der Waals surface area (Å²) in [5.74, 6) is 0.391. The van der Waals surface area contributed by atoms with Crippen molar-refractivity contribution in [3.05, 3.63) is 47.0 Å². The van der Waals surface area contributed by atoms with Crippen LogP contribution >= 0.6 is 11.6 Å². The average Bonchev–Trinajstić information content (AvgIpc) is 2.83. The number of halogens is 1. The van der Waals surface area contributed by atoms with Crippen LogP contribution in [-0.2, 0) is 6.54 Å². The van der Waals surface area contributed by atoms with Crippen LogP contribution in [0.1, 0.15) is 16.1 Å². The van der Waals surface area contributed by atoms with Gasteiger partial charge in [0.15, 0.2) is 11.0 Å². The Bertz CT molecular complexity index is 537. The fourth-order valence-electron chi connectivity index (χ4n) is 1.34. The van der Waals surface area contributed by atoms with Crippen molar-refractivity contribution in [1.82, 2.24) is 10.3 Å². The molecule has 0 spiro atoms. The molecule has 0 atom stereocenters. The molecule has 0 aliphatic heterocycles. The minimum Gasteiger partial charge on any atom is -0.481 e. The monoisotopic (exact) mass is 266 g/mol. The molecule has 0 bridgehead atoms. The number of nitrogens with zero attached hydrogens (tertiary/aromatic N) is 1. The Kier molecular flexibility index (Phi) is 3.84. The molecule has 0 saturated heterocycles. The second-order valence-electron chi connectivity index (χ2n) is 3.50. The number of ether oxygens (including phenoxy) is 1. The van der Waals surface area contributed by atoms with E-state index < -0.39 is 0 Å². The van der Waals surface area contributed by atoms with Gasteiger partial charge < -0.3 is 14.5 Å². The molecule has 2 aromatic heterocycles. The molecule has 0 aliphatic rings. The van der Waals surface area contributed by atoms with E-state index in [0.717, 1.165) is 5.56 Å². The Morgan fingerprint density at radius 2 is 2.28 bits per heavy atom. The van der Waals surface area contributed by atoms with Gasteiger partial charge in [0.25, 0.3) is 5.91 Å². The highest BCUT2D eigenvalue weighted by Gasteiger charge is 2.09. The number of nitrogens with one attached hydrogen (secondary N) is 1. The van der Waals surface area contributed by atoms with Crippen molar-refractivity contribution in [2.75, 3.05) is 7.11 Å². The second-order valence-corrected chi connectivity index (χ2v) is 3.87. The van der Waals surface area contributed by atoms with Gasteiger partial charge in [-0.2, -0.15) is 0 Å². The van der Waals surface area contributed by atoms with Crippen LogP contribution in [0.4, 0.5) is 0 Å². The minimum atomic E-state index is -0.322. The summed E-state index contributed by atoms with van der Waals surface area (Å²) < 4.78 is 9.93. The largest absolute Gasteiger partial charge is 0.481 e. The number of furan rings is 1. The first-order chi connectivity index (χ1) is 8.69. The number of pyridine rings is 1. The summed E-state index contributed by atoms with van der Waals surface area (Å²) in [5, 5.41) is 2.88. The highest BCUT2D eigenvalue weighted by molar-refractivity contribution is 6.29. The molecule has 1 N–H and O–H groups in total. The van der Waals surface area contributed by atoms with Crippen molar-refractivity contribution in [3.8, 4) is 5.88 Å². The lowest BCUT2D eigenvalue weighted by atomic mass is 10.3. The molecular weight excluding hydrogens is 256 g/mol. The number of carbonyl (C=O) groups excluding carboxylic acids is 1. The third-order valence-corrected chi connectivity index (χ3v) is 2.46. The molecule has 18 heavy (non-hydrogen) atoms. The Hall–Kier alpha value is -2.01. The number of methoxy groups -OCH3 is 1. The quantitative estimate of drug-likeness (QED) is 0.922. The predicted molar refractivity (Wildman–Crippen MR) is 65.7 cm³/mol. The molecule has 0 fully saturated rings. The number of hydrogen-bond acceptors (Lipinski definition) is 4. The van der Waals surface area contributed by atoms with E-state index in [1.165, 1.54) is 12.1 Å². The van der Waals surface area contributed by atoms with Gasteiger partial charge in [-0.3, -0.25) is 4.79 Å². The zero-order chi connectivity index (χ0) is 13.0. The SMILES string of the molecule is COc1ccc(CNC(=O)c2ccc(Cl)o2)cn1. The first kappa shape index (κ1) is 12.4. The number of amides is 1. The Morgan fingerprint density at radius 1 is 1.44 bits per heavy atom. The lowest BCUT2D eigenvalue weighted by Crippen LogP contribution is -2.22. The molecular formula is C12H11ClN2O3. The van der Waals surface area contributed by atoms with E-state index >= 15 is 0 Å². The summed E-state index contributed by atoms with van der Waals surface area (Å²) in [6.45, 7) is 0.355. The average molecular weight is 267 g/mol. The van der Waals surface area contributed by atoms with Crippen LogP contribution in [-0.4, -0.2) is 18.0 Å². The van der Waals surface area contributed by atoms with Crippen LogP contribution in [0.25, 0.3) is 0 Å².